The minimum absolute atomic E-state index is 0.0712. The monoisotopic (exact) mass is 374 g/mol. The molecule has 0 bridgehead atoms. The van der Waals surface area contributed by atoms with Crippen LogP contribution in [-0.2, 0) is 15.4 Å². The van der Waals surface area contributed by atoms with E-state index in [9.17, 15) is 18.5 Å². The van der Waals surface area contributed by atoms with Gasteiger partial charge in [-0.1, -0.05) is 39.0 Å². The third kappa shape index (κ3) is 2.70. The zero-order chi connectivity index (χ0) is 19.3. The van der Waals surface area contributed by atoms with Crippen LogP contribution in [0.15, 0.2) is 47.5 Å². The maximum atomic E-state index is 13.3. The van der Waals surface area contributed by atoms with Crippen molar-refractivity contribution in [2.75, 3.05) is 5.73 Å². The number of pyridine rings is 1. The molecule has 0 fully saturated rings. The van der Waals surface area contributed by atoms with Crippen LogP contribution < -0.4 is 5.73 Å². The van der Waals surface area contributed by atoms with Crippen molar-refractivity contribution in [2.24, 2.45) is 0 Å². The van der Waals surface area contributed by atoms with Crippen LogP contribution in [0.3, 0.4) is 0 Å². The van der Waals surface area contributed by atoms with Gasteiger partial charge in [0.1, 0.15) is 11.9 Å². The summed E-state index contributed by atoms with van der Waals surface area (Å²) in [6.45, 7) is 5.55. The van der Waals surface area contributed by atoms with Crippen LogP contribution in [0.25, 0.3) is 11.0 Å². The van der Waals surface area contributed by atoms with E-state index < -0.39 is 20.4 Å². The average Bonchev–Trinajstić information content (AvgIpc) is 2.97. The lowest BCUT2D eigenvalue weighted by atomic mass is 9.92. The Morgan fingerprint density at radius 2 is 1.81 bits per heavy atom. The van der Waals surface area contributed by atoms with Crippen LogP contribution in [-0.4, -0.2) is 22.3 Å². The standard InChI is InChI=1S/C17H18N4O4S/c1-17(2,3)14-9-12-15(18)13(21(22)23)10-19-16(12)20(14)26(24,25)11-7-5-4-6-8-11/h4-10H,1-3H3,(H2,18,19). The van der Waals surface area contributed by atoms with Gasteiger partial charge in [0.25, 0.3) is 10.0 Å². The van der Waals surface area contributed by atoms with Gasteiger partial charge in [-0.3, -0.25) is 10.1 Å². The Labute approximate surface area is 150 Å². The largest absolute Gasteiger partial charge is 0.393 e. The van der Waals surface area contributed by atoms with Gasteiger partial charge >= 0.3 is 5.69 Å². The zero-order valence-electron chi connectivity index (χ0n) is 14.5. The second-order valence-electron chi connectivity index (χ2n) is 6.91. The van der Waals surface area contributed by atoms with Crippen molar-refractivity contribution in [2.45, 2.75) is 31.1 Å². The lowest BCUT2D eigenvalue weighted by Crippen LogP contribution is -2.23. The fourth-order valence-corrected chi connectivity index (χ4v) is 4.41. The summed E-state index contributed by atoms with van der Waals surface area (Å²) in [5.41, 5.74) is 5.43. The number of fused-ring (bicyclic) bond motifs is 1. The van der Waals surface area contributed by atoms with Crippen LogP contribution in [0.5, 0.6) is 0 Å². The second-order valence-corrected chi connectivity index (χ2v) is 8.70. The molecular formula is C17H18N4O4S. The normalized spacial score (nSPS) is 12.4. The van der Waals surface area contributed by atoms with Gasteiger partial charge in [-0.2, -0.15) is 0 Å². The molecule has 0 unspecified atom stereocenters. The molecule has 3 rings (SSSR count). The fraction of sp³-hybridized carbons (Fsp3) is 0.235. The highest BCUT2D eigenvalue weighted by atomic mass is 32.2. The summed E-state index contributed by atoms with van der Waals surface area (Å²) in [4.78, 5) is 14.6. The molecule has 0 radical (unpaired) electrons. The average molecular weight is 374 g/mol. The van der Waals surface area contributed by atoms with Crippen molar-refractivity contribution in [3.8, 4) is 0 Å². The van der Waals surface area contributed by atoms with E-state index in [1.54, 1.807) is 24.3 Å². The summed E-state index contributed by atoms with van der Waals surface area (Å²) in [5.74, 6) is 0. The molecule has 136 valence electrons. The molecule has 9 heteroatoms. The number of nitrogens with zero attached hydrogens (tertiary/aromatic N) is 3. The quantitative estimate of drug-likeness (QED) is 0.555. The summed E-state index contributed by atoms with van der Waals surface area (Å²) in [7, 11) is -3.96. The lowest BCUT2D eigenvalue weighted by molar-refractivity contribution is -0.384. The smallest absolute Gasteiger partial charge is 0.311 e. The molecule has 0 saturated heterocycles. The van der Waals surface area contributed by atoms with Crippen LogP contribution in [0.2, 0.25) is 0 Å². The molecule has 3 aromatic rings. The molecule has 0 aliphatic rings. The van der Waals surface area contributed by atoms with Gasteiger partial charge in [-0.05, 0) is 18.2 Å². The Hall–Kier alpha value is -2.94. The molecule has 0 saturated carbocycles. The molecule has 2 heterocycles. The summed E-state index contributed by atoms with van der Waals surface area (Å²) in [6, 6.07) is 9.51. The molecular weight excluding hydrogens is 356 g/mol. The Morgan fingerprint density at radius 3 is 2.35 bits per heavy atom. The molecule has 8 nitrogen and oxygen atoms in total. The van der Waals surface area contributed by atoms with Crippen LogP contribution >= 0.6 is 0 Å². The van der Waals surface area contributed by atoms with Crippen molar-refractivity contribution >= 4 is 32.4 Å². The molecule has 1 aromatic carbocycles. The van der Waals surface area contributed by atoms with Gasteiger partial charge in [0.15, 0.2) is 5.65 Å². The number of nitrogen functional groups attached to an aromatic ring is 1. The van der Waals surface area contributed by atoms with E-state index >= 15 is 0 Å². The van der Waals surface area contributed by atoms with E-state index in [1.807, 2.05) is 20.8 Å². The van der Waals surface area contributed by atoms with Gasteiger partial charge in [0.2, 0.25) is 0 Å². The highest BCUT2D eigenvalue weighted by Gasteiger charge is 2.31. The molecule has 0 spiro atoms. The summed E-state index contributed by atoms with van der Waals surface area (Å²) < 4.78 is 27.6. The molecule has 2 aromatic heterocycles. The molecule has 0 atom stereocenters. The first-order chi connectivity index (χ1) is 12.0. The third-order valence-corrected chi connectivity index (χ3v) is 5.77. The van der Waals surface area contributed by atoms with Crippen molar-refractivity contribution in [3.63, 3.8) is 0 Å². The van der Waals surface area contributed by atoms with Gasteiger partial charge in [-0.25, -0.2) is 17.4 Å². The number of hydrogen-bond acceptors (Lipinski definition) is 6. The van der Waals surface area contributed by atoms with E-state index in [0.29, 0.717) is 5.69 Å². The molecule has 0 aliphatic carbocycles. The molecule has 0 amide bonds. The number of nitro groups is 1. The number of benzene rings is 1. The number of nitrogens with two attached hydrogens (primary N) is 1. The molecule has 26 heavy (non-hydrogen) atoms. The first-order valence-electron chi connectivity index (χ1n) is 7.80. The van der Waals surface area contributed by atoms with Gasteiger partial charge < -0.3 is 5.73 Å². The van der Waals surface area contributed by atoms with Crippen molar-refractivity contribution in [1.29, 1.82) is 0 Å². The van der Waals surface area contributed by atoms with Gasteiger partial charge in [-0.15, -0.1) is 0 Å². The predicted molar refractivity (Wildman–Crippen MR) is 98.5 cm³/mol. The summed E-state index contributed by atoms with van der Waals surface area (Å²) in [6.07, 6.45) is 0.987. The van der Waals surface area contributed by atoms with Gasteiger partial charge in [0.05, 0.1) is 15.2 Å². The highest BCUT2D eigenvalue weighted by Crippen LogP contribution is 2.37. The Kier molecular flexibility index (Phi) is 3.99. The van der Waals surface area contributed by atoms with Crippen molar-refractivity contribution < 1.29 is 13.3 Å². The topological polar surface area (TPSA) is 121 Å². The van der Waals surface area contributed by atoms with Crippen LogP contribution in [0.4, 0.5) is 11.4 Å². The van der Waals surface area contributed by atoms with E-state index in [4.69, 9.17) is 5.73 Å². The number of rotatable bonds is 3. The second kappa shape index (κ2) is 5.80. The van der Waals surface area contributed by atoms with Crippen molar-refractivity contribution in [3.05, 3.63) is 58.4 Å². The fourth-order valence-electron chi connectivity index (χ4n) is 2.74. The van der Waals surface area contributed by atoms with Crippen LogP contribution in [0.1, 0.15) is 26.5 Å². The zero-order valence-corrected chi connectivity index (χ0v) is 15.3. The Bertz CT molecular complexity index is 1110. The van der Waals surface area contributed by atoms with Crippen molar-refractivity contribution in [1.82, 2.24) is 8.96 Å². The van der Waals surface area contributed by atoms with E-state index in [2.05, 4.69) is 4.98 Å². The minimum Gasteiger partial charge on any atom is -0.393 e. The maximum absolute atomic E-state index is 13.3. The number of hydrogen-bond donors (Lipinski definition) is 1. The van der Waals surface area contributed by atoms with E-state index in [-0.39, 0.29) is 27.3 Å². The number of anilines is 1. The Balaban J connectivity index is 2.45. The minimum atomic E-state index is -3.96. The summed E-state index contributed by atoms with van der Waals surface area (Å²) in [5, 5.41) is 11.4. The highest BCUT2D eigenvalue weighted by molar-refractivity contribution is 7.90. The molecule has 0 aliphatic heterocycles. The lowest BCUT2D eigenvalue weighted by Gasteiger charge is -2.21. The SMILES string of the molecule is CC(C)(C)c1cc2c(N)c([N+](=O)[O-])cnc2n1S(=O)(=O)c1ccccc1. The number of aromatic nitrogens is 2. The summed E-state index contributed by atoms with van der Waals surface area (Å²) >= 11 is 0. The predicted octanol–water partition coefficient (Wildman–Crippen LogP) is 3.06. The maximum Gasteiger partial charge on any atom is 0.311 e. The van der Waals surface area contributed by atoms with E-state index in [0.717, 1.165) is 10.2 Å². The first-order valence-corrected chi connectivity index (χ1v) is 9.24. The Morgan fingerprint density at radius 1 is 1.19 bits per heavy atom. The van der Waals surface area contributed by atoms with Crippen LogP contribution in [0, 0.1) is 10.1 Å². The van der Waals surface area contributed by atoms with E-state index in [1.165, 1.54) is 12.1 Å². The molecule has 2 N–H and O–H groups in total. The third-order valence-electron chi connectivity index (χ3n) is 4.05. The first kappa shape index (κ1) is 17.9. The van der Waals surface area contributed by atoms with Gasteiger partial charge in [0, 0.05) is 11.1 Å².